The Morgan fingerprint density at radius 3 is 2.71 bits per heavy atom. The monoisotopic (exact) mass is 254 g/mol. The number of aryl methyl sites for hydroxylation is 1. The maximum Gasteiger partial charge on any atom is 0.0996 e. The van der Waals surface area contributed by atoms with E-state index in [0.29, 0.717) is 0 Å². The SMILES string of the molecule is CBr.NC1=Nc2ccccc2CCC1. The summed E-state index contributed by atoms with van der Waals surface area (Å²) in [4.78, 5) is 4.33. The minimum atomic E-state index is 0.764. The number of benzene rings is 1. The molecule has 0 bridgehead atoms. The number of hydrogen-bond donors (Lipinski definition) is 1. The second-order valence-electron chi connectivity index (χ2n) is 3.09. The Balaban J connectivity index is 0.000000461. The van der Waals surface area contributed by atoms with E-state index < -0.39 is 0 Å². The number of nitrogens with two attached hydrogens (primary N) is 1. The van der Waals surface area contributed by atoms with Crippen LogP contribution >= 0.6 is 15.9 Å². The highest BCUT2D eigenvalue weighted by molar-refractivity contribution is 9.08. The van der Waals surface area contributed by atoms with E-state index in [0.717, 1.165) is 30.8 Å². The average molecular weight is 255 g/mol. The molecule has 0 aromatic heterocycles. The predicted octanol–water partition coefficient (Wildman–Crippen LogP) is 3.02. The summed E-state index contributed by atoms with van der Waals surface area (Å²) in [5.74, 6) is 2.58. The summed E-state index contributed by atoms with van der Waals surface area (Å²) in [5.41, 5.74) is 8.07. The molecule has 2 rings (SSSR count). The molecule has 14 heavy (non-hydrogen) atoms. The van der Waals surface area contributed by atoms with Crippen LogP contribution in [0.15, 0.2) is 29.3 Å². The number of nitrogens with zero attached hydrogens (tertiary/aromatic N) is 1. The molecule has 0 amide bonds. The van der Waals surface area contributed by atoms with Crippen LogP contribution in [0.1, 0.15) is 18.4 Å². The lowest BCUT2D eigenvalue weighted by Gasteiger charge is -1.99. The summed E-state index contributed by atoms with van der Waals surface area (Å²) < 4.78 is 0. The molecule has 0 unspecified atom stereocenters. The topological polar surface area (TPSA) is 38.4 Å². The van der Waals surface area contributed by atoms with Crippen LogP contribution in [0.4, 0.5) is 5.69 Å². The lowest BCUT2D eigenvalue weighted by Crippen LogP contribution is -2.09. The van der Waals surface area contributed by atoms with Crippen molar-refractivity contribution in [3.05, 3.63) is 29.8 Å². The van der Waals surface area contributed by atoms with Crippen molar-refractivity contribution in [2.45, 2.75) is 19.3 Å². The molecule has 1 aliphatic heterocycles. The Labute approximate surface area is 93.4 Å². The molecule has 1 heterocycles. The van der Waals surface area contributed by atoms with Crippen LogP contribution in [0.3, 0.4) is 0 Å². The first kappa shape index (κ1) is 11.2. The van der Waals surface area contributed by atoms with Gasteiger partial charge in [0.1, 0.15) is 0 Å². The largest absolute Gasteiger partial charge is 0.387 e. The maximum atomic E-state index is 5.70. The number of fused-ring (bicyclic) bond motifs is 1. The third-order valence-electron chi connectivity index (χ3n) is 2.13. The zero-order valence-electron chi connectivity index (χ0n) is 8.33. The summed E-state index contributed by atoms with van der Waals surface area (Å²) in [7, 11) is 0. The van der Waals surface area contributed by atoms with E-state index in [2.05, 4.69) is 33.1 Å². The second kappa shape index (κ2) is 5.81. The molecule has 1 aromatic carbocycles. The zero-order chi connectivity index (χ0) is 10.4. The number of hydrogen-bond acceptors (Lipinski definition) is 2. The van der Waals surface area contributed by atoms with Crippen LogP contribution in [0, 0.1) is 0 Å². The lowest BCUT2D eigenvalue weighted by molar-refractivity contribution is 0.874. The fourth-order valence-electron chi connectivity index (χ4n) is 1.50. The van der Waals surface area contributed by atoms with Gasteiger partial charge in [-0.1, -0.05) is 34.1 Å². The second-order valence-corrected chi connectivity index (χ2v) is 3.09. The molecule has 0 aliphatic carbocycles. The Bertz CT molecular complexity index is 321. The van der Waals surface area contributed by atoms with Gasteiger partial charge in [0.15, 0.2) is 0 Å². The molecule has 0 spiro atoms. The first-order valence-electron chi connectivity index (χ1n) is 4.65. The Morgan fingerprint density at radius 2 is 1.93 bits per heavy atom. The van der Waals surface area contributed by atoms with Gasteiger partial charge in [-0.05, 0) is 30.3 Å². The number of halogens is 1. The van der Waals surface area contributed by atoms with Crippen LogP contribution in [0.25, 0.3) is 0 Å². The van der Waals surface area contributed by atoms with Gasteiger partial charge in [-0.3, -0.25) is 0 Å². The zero-order valence-corrected chi connectivity index (χ0v) is 9.92. The van der Waals surface area contributed by atoms with Gasteiger partial charge in [0.05, 0.1) is 11.5 Å². The van der Waals surface area contributed by atoms with Crippen molar-refractivity contribution in [2.24, 2.45) is 10.7 Å². The molecule has 2 nitrogen and oxygen atoms in total. The number of alkyl halides is 1. The van der Waals surface area contributed by atoms with E-state index in [1.54, 1.807) is 0 Å². The van der Waals surface area contributed by atoms with Gasteiger partial charge in [-0.25, -0.2) is 4.99 Å². The molecule has 0 saturated carbocycles. The van der Waals surface area contributed by atoms with Crippen molar-refractivity contribution >= 4 is 27.5 Å². The molecule has 0 radical (unpaired) electrons. The quantitative estimate of drug-likeness (QED) is 0.711. The fourth-order valence-corrected chi connectivity index (χ4v) is 1.50. The van der Waals surface area contributed by atoms with Crippen molar-refractivity contribution in [3.8, 4) is 0 Å². The van der Waals surface area contributed by atoms with E-state index in [1.807, 2.05) is 18.0 Å². The summed E-state index contributed by atoms with van der Waals surface area (Å²) >= 11 is 2.94. The van der Waals surface area contributed by atoms with Crippen LogP contribution in [0.2, 0.25) is 0 Å². The van der Waals surface area contributed by atoms with E-state index >= 15 is 0 Å². The van der Waals surface area contributed by atoms with Crippen molar-refractivity contribution < 1.29 is 0 Å². The van der Waals surface area contributed by atoms with Crippen molar-refractivity contribution in [3.63, 3.8) is 0 Å². The molecule has 0 atom stereocenters. The average Bonchev–Trinajstić information content (AvgIpc) is 2.41. The summed E-state index contributed by atoms with van der Waals surface area (Å²) in [6.07, 6.45) is 3.14. The summed E-state index contributed by atoms with van der Waals surface area (Å²) in [6.45, 7) is 0. The molecule has 0 saturated heterocycles. The van der Waals surface area contributed by atoms with Crippen LogP contribution in [0.5, 0.6) is 0 Å². The highest BCUT2D eigenvalue weighted by Gasteiger charge is 2.06. The van der Waals surface area contributed by atoms with E-state index in [1.165, 1.54) is 5.56 Å². The number of amidine groups is 1. The molecule has 0 fully saturated rings. The Hall–Kier alpha value is -0.830. The third-order valence-corrected chi connectivity index (χ3v) is 2.13. The molecule has 1 aliphatic rings. The fraction of sp³-hybridized carbons (Fsp3) is 0.364. The highest BCUT2D eigenvalue weighted by atomic mass is 79.9. The smallest absolute Gasteiger partial charge is 0.0996 e. The Morgan fingerprint density at radius 1 is 1.21 bits per heavy atom. The van der Waals surface area contributed by atoms with Crippen LogP contribution < -0.4 is 5.73 Å². The number of rotatable bonds is 0. The van der Waals surface area contributed by atoms with E-state index in [-0.39, 0.29) is 0 Å². The molecular formula is C11H15BrN2. The molecule has 3 heteroatoms. The molecule has 2 N–H and O–H groups in total. The summed E-state index contributed by atoms with van der Waals surface area (Å²) in [6, 6.07) is 8.20. The maximum absolute atomic E-state index is 5.70. The van der Waals surface area contributed by atoms with Gasteiger partial charge in [0.2, 0.25) is 0 Å². The molecular weight excluding hydrogens is 240 g/mol. The van der Waals surface area contributed by atoms with E-state index in [9.17, 15) is 0 Å². The third kappa shape index (κ3) is 2.84. The number of aliphatic imine (C=N–C) groups is 1. The summed E-state index contributed by atoms with van der Waals surface area (Å²) in [5, 5.41) is 0. The highest BCUT2D eigenvalue weighted by Crippen LogP contribution is 2.23. The standard InChI is InChI=1S/C10H12N2.CH3Br/c11-10-7-3-5-8-4-1-2-6-9(8)12-10;1-2/h1-2,4,6H,3,5,7H2,(H2,11,12);1H3. The van der Waals surface area contributed by atoms with E-state index in [4.69, 9.17) is 5.73 Å². The van der Waals surface area contributed by atoms with Gasteiger partial charge in [-0.15, -0.1) is 0 Å². The minimum absolute atomic E-state index is 0.764. The molecule has 76 valence electrons. The first-order valence-corrected chi connectivity index (χ1v) is 6.23. The van der Waals surface area contributed by atoms with Crippen molar-refractivity contribution in [2.75, 3.05) is 5.83 Å². The van der Waals surface area contributed by atoms with Gasteiger partial charge in [0, 0.05) is 6.42 Å². The Kier molecular flexibility index (Phi) is 4.66. The van der Waals surface area contributed by atoms with Crippen molar-refractivity contribution in [1.29, 1.82) is 0 Å². The van der Waals surface area contributed by atoms with Gasteiger partial charge in [0.25, 0.3) is 0 Å². The van der Waals surface area contributed by atoms with Crippen molar-refractivity contribution in [1.82, 2.24) is 0 Å². The number of para-hydroxylation sites is 1. The predicted molar refractivity (Wildman–Crippen MR) is 65.5 cm³/mol. The lowest BCUT2D eigenvalue weighted by atomic mass is 10.1. The normalized spacial score (nSPS) is 14.3. The minimum Gasteiger partial charge on any atom is -0.387 e. The molecule has 1 aromatic rings. The first-order chi connectivity index (χ1) is 6.86. The van der Waals surface area contributed by atoms with Gasteiger partial charge >= 0.3 is 0 Å². The van der Waals surface area contributed by atoms with Gasteiger partial charge in [-0.2, -0.15) is 0 Å². The van der Waals surface area contributed by atoms with Crippen LogP contribution in [-0.4, -0.2) is 11.7 Å². The van der Waals surface area contributed by atoms with Gasteiger partial charge < -0.3 is 5.73 Å². The van der Waals surface area contributed by atoms with Crippen LogP contribution in [-0.2, 0) is 6.42 Å².